The Kier molecular flexibility index (Phi) is 3.65. The minimum Gasteiger partial charge on any atom is -0.408 e. The first-order valence-electron chi connectivity index (χ1n) is 7.41. The van der Waals surface area contributed by atoms with Crippen LogP contribution in [0, 0.1) is 18.8 Å². The number of sulfonamides is 1. The van der Waals surface area contributed by atoms with Gasteiger partial charge in [0.05, 0.1) is 10.4 Å². The van der Waals surface area contributed by atoms with Crippen molar-refractivity contribution in [1.29, 1.82) is 0 Å². The first-order valence-corrected chi connectivity index (χ1v) is 8.85. The quantitative estimate of drug-likeness (QED) is 0.917. The third-order valence-corrected chi connectivity index (χ3v) is 6.14. The summed E-state index contributed by atoms with van der Waals surface area (Å²) in [7, 11) is -3.58. The van der Waals surface area contributed by atoms with Crippen molar-refractivity contribution in [2.75, 3.05) is 13.1 Å². The first kappa shape index (κ1) is 15.3. The molecule has 22 heavy (non-hydrogen) atoms. The van der Waals surface area contributed by atoms with Crippen molar-refractivity contribution in [3.8, 4) is 0 Å². The molecule has 6 nitrogen and oxygen atoms in total. The van der Waals surface area contributed by atoms with Crippen molar-refractivity contribution in [3.63, 3.8) is 0 Å². The van der Waals surface area contributed by atoms with Crippen LogP contribution in [-0.2, 0) is 10.0 Å². The molecule has 1 aliphatic rings. The molecule has 3 rings (SSSR count). The summed E-state index contributed by atoms with van der Waals surface area (Å²) in [4.78, 5) is 14.0. The predicted octanol–water partition coefficient (Wildman–Crippen LogP) is 2.10. The largest absolute Gasteiger partial charge is 0.417 e. The number of benzene rings is 1. The van der Waals surface area contributed by atoms with E-state index in [9.17, 15) is 13.2 Å². The number of fused-ring (bicyclic) bond motifs is 1. The highest BCUT2D eigenvalue weighted by Gasteiger charge is 2.32. The Morgan fingerprint density at radius 1 is 1.23 bits per heavy atom. The summed E-state index contributed by atoms with van der Waals surface area (Å²) in [6.45, 7) is 6.93. The molecule has 1 aromatic heterocycles. The topological polar surface area (TPSA) is 83.4 Å². The van der Waals surface area contributed by atoms with E-state index < -0.39 is 15.8 Å². The van der Waals surface area contributed by atoms with Crippen LogP contribution >= 0.6 is 0 Å². The normalized spacial score (nSPS) is 24.0. The first-order chi connectivity index (χ1) is 10.3. The smallest absolute Gasteiger partial charge is 0.408 e. The number of oxazole rings is 1. The van der Waals surface area contributed by atoms with Gasteiger partial charge in [0, 0.05) is 19.2 Å². The monoisotopic (exact) mass is 324 g/mol. The lowest BCUT2D eigenvalue weighted by Gasteiger charge is -2.34. The van der Waals surface area contributed by atoms with E-state index >= 15 is 0 Å². The molecule has 2 aromatic rings. The van der Waals surface area contributed by atoms with Crippen molar-refractivity contribution in [3.05, 3.63) is 28.2 Å². The number of aromatic nitrogens is 1. The number of aryl methyl sites for hydroxylation is 1. The molecular formula is C15H20N2O4S. The zero-order valence-electron chi connectivity index (χ0n) is 12.9. The van der Waals surface area contributed by atoms with Crippen LogP contribution in [0.5, 0.6) is 0 Å². The van der Waals surface area contributed by atoms with Crippen LogP contribution in [0.3, 0.4) is 0 Å². The van der Waals surface area contributed by atoms with Gasteiger partial charge in [-0.25, -0.2) is 13.2 Å². The Morgan fingerprint density at radius 2 is 1.86 bits per heavy atom. The number of aromatic amines is 1. The molecule has 1 saturated heterocycles. The molecule has 0 aliphatic carbocycles. The molecule has 0 amide bonds. The van der Waals surface area contributed by atoms with Gasteiger partial charge >= 0.3 is 5.76 Å². The fourth-order valence-electron chi connectivity index (χ4n) is 3.31. The second-order valence-electron chi connectivity index (χ2n) is 6.40. The van der Waals surface area contributed by atoms with Crippen LogP contribution < -0.4 is 5.76 Å². The van der Waals surface area contributed by atoms with Crippen LogP contribution in [0.1, 0.15) is 25.8 Å². The number of piperidine rings is 1. The third-order valence-electron chi connectivity index (χ3n) is 4.17. The van der Waals surface area contributed by atoms with Crippen molar-refractivity contribution >= 4 is 21.1 Å². The highest BCUT2D eigenvalue weighted by Crippen LogP contribution is 2.29. The average Bonchev–Trinajstić information content (AvgIpc) is 2.75. The number of rotatable bonds is 2. The van der Waals surface area contributed by atoms with Crippen molar-refractivity contribution in [2.45, 2.75) is 32.1 Å². The van der Waals surface area contributed by atoms with Crippen LogP contribution in [0.15, 0.2) is 26.2 Å². The number of nitrogens with zero attached hydrogens (tertiary/aromatic N) is 1. The van der Waals surface area contributed by atoms with Crippen molar-refractivity contribution in [1.82, 2.24) is 9.29 Å². The number of H-pyrrole nitrogens is 1. The predicted molar refractivity (Wildman–Crippen MR) is 83.3 cm³/mol. The van der Waals surface area contributed by atoms with E-state index in [-0.39, 0.29) is 10.5 Å². The minimum atomic E-state index is -3.58. The maximum absolute atomic E-state index is 12.9. The van der Waals surface area contributed by atoms with Gasteiger partial charge in [-0.15, -0.1) is 0 Å². The van der Waals surface area contributed by atoms with Gasteiger partial charge in [-0.2, -0.15) is 4.31 Å². The van der Waals surface area contributed by atoms with E-state index in [1.165, 1.54) is 6.07 Å². The fraction of sp³-hybridized carbons (Fsp3) is 0.533. The molecule has 2 atom stereocenters. The Labute approximate surface area is 129 Å². The fourth-order valence-corrected chi connectivity index (χ4v) is 5.21. The van der Waals surface area contributed by atoms with E-state index in [4.69, 9.17) is 4.42 Å². The van der Waals surface area contributed by atoms with Gasteiger partial charge in [-0.3, -0.25) is 4.98 Å². The summed E-state index contributed by atoms with van der Waals surface area (Å²) in [5.74, 6) is 0.102. The molecule has 7 heteroatoms. The molecular weight excluding hydrogens is 304 g/mol. The lowest BCUT2D eigenvalue weighted by Crippen LogP contribution is -2.42. The average molecular weight is 324 g/mol. The Balaban J connectivity index is 2.08. The molecule has 120 valence electrons. The third kappa shape index (κ3) is 2.59. The van der Waals surface area contributed by atoms with E-state index in [2.05, 4.69) is 18.8 Å². The maximum Gasteiger partial charge on any atom is 0.417 e. The minimum absolute atomic E-state index is 0.212. The number of hydrogen-bond donors (Lipinski definition) is 1. The summed E-state index contributed by atoms with van der Waals surface area (Å²) in [5, 5.41) is 0. The zero-order valence-corrected chi connectivity index (χ0v) is 13.7. The van der Waals surface area contributed by atoms with Gasteiger partial charge in [0.1, 0.15) is 0 Å². The second kappa shape index (κ2) is 5.24. The SMILES string of the molecule is Cc1cc2[nH]c(=O)oc2cc1S(=O)(=O)N1C[C@H](C)C[C@H](C)C1. The van der Waals surface area contributed by atoms with Gasteiger partial charge in [0.25, 0.3) is 0 Å². The van der Waals surface area contributed by atoms with Crippen LogP contribution in [0.25, 0.3) is 11.1 Å². The molecule has 0 bridgehead atoms. The Bertz CT molecular complexity index is 855. The van der Waals surface area contributed by atoms with Crippen LogP contribution in [-0.4, -0.2) is 30.8 Å². The van der Waals surface area contributed by atoms with Crippen LogP contribution in [0.2, 0.25) is 0 Å². The lowest BCUT2D eigenvalue weighted by molar-refractivity contribution is 0.222. The summed E-state index contributed by atoms with van der Waals surface area (Å²) < 4.78 is 32.4. The number of nitrogens with one attached hydrogen (secondary N) is 1. The molecule has 0 saturated carbocycles. The standard InChI is InChI=1S/C15H20N2O4S/c1-9-4-10(2)8-17(7-9)22(19,20)14-6-13-12(5-11(14)3)16-15(18)21-13/h5-6,9-10H,4,7-8H2,1-3H3,(H,16,18)/t9-,10+. The Hall–Kier alpha value is -1.60. The molecule has 1 aromatic carbocycles. The summed E-state index contributed by atoms with van der Waals surface area (Å²) in [6, 6.07) is 3.09. The molecule has 1 aliphatic heterocycles. The van der Waals surface area contributed by atoms with Crippen LogP contribution in [0.4, 0.5) is 0 Å². The van der Waals surface area contributed by atoms with Gasteiger partial charge < -0.3 is 4.42 Å². The van der Waals surface area contributed by atoms with E-state index in [1.54, 1.807) is 17.3 Å². The molecule has 2 heterocycles. The lowest BCUT2D eigenvalue weighted by atomic mass is 9.94. The summed E-state index contributed by atoms with van der Waals surface area (Å²) in [6.07, 6.45) is 1.04. The molecule has 1 fully saturated rings. The highest BCUT2D eigenvalue weighted by atomic mass is 32.2. The maximum atomic E-state index is 12.9. The molecule has 0 spiro atoms. The summed E-state index contributed by atoms with van der Waals surface area (Å²) >= 11 is 0. The van der Waals surface area contributed by atoms with E-state index in [0.29, 0.717) is 36.0 Å². The van der Waals surface area contributed by atoms with Crippen molar-refractivity contribution in [2.24, 2.45) is 11.8 Å². The van der Waals surface area contributed by atoms with Gasteiger partial charge in [-0.05, 0) is 36.8 Å². The van der Waals surface area contributed by atoms with Crippen molar-refractivity contribution < 1.29 is 12.8 Å². The summed E-state index contributed by atoms with van der Waals surface area (Å²) in [5.41, 5.74) is 1.39. The van der Waals surface area contributed by atoms with Gasteiger partial charge in [0.2, 0.25) is 10.0 Å². The van der Waals surface area contributed by atoms with Gasteiger partial charge in [-0.1, -0.05) is 13.8 Å². The second-order valence-corrected chi connectivity index (χ2v) is 8.30. The molecule has 1 N–H and O–H groups in total. The van der Waals surface area contributed by atoms with Gasteiger partial charge in [0.15, 0.2) is 5.58 Å². The van der Waals surface area contributed by atoms with E-state index in [0.717, 1.165) is 6.42 Å². The molecule has 0 radical (unpaired) electrons. The number of hydrogen-bond acceptors (Lipinski definition) is 4. The zero-order chi connectivity index (χ0) is 16.1. The van der Waals surface area contributed by atoms with E-state index in [1.807, 2.05) is 0 Å². The highest BCUT2D eigenvalue weighted by molar-refractivity contribution is 7.89. The molecule has 0 unspecified atom stereocenters. The Morgan fingerprint density at radius 3 is 2.50 bits per heavy atom.